The molecule has 1 amide bonds. The van der Waals surface area contributed by atoms with Crippen LogP contribution >= 0.6 is 0 Å². The first-order valence-electron chi connectivity index (χ1n) is 13.9. The van der Waals surface area contributed by atoms with Crippen LogP contribution in [0.15, 0.2) is 11.6 Å². The lowest BCUT2D eigenvalue weighted by Crippen LogP contribution is -2.62. The van der Waals surface area contributed by atoms with Gasteiger partial charge in [-0.1, -0.05) is 33.3 Å². The van der Waals surface area contributed by atoms with Gasteiger partial charge in [-0.3, -0.25) is 19.2 Å². The molecule has 3 N–H and O–H groups in total. The molecule has 8 heteroatoms. The number of ether oxygens (including phenoxy) is 1. The van der Waals surface area contributed by atoms with Crippen LogP contribution in [0.2, 0.25) is 0 Å². The van der Waals surface area contributed by atoms with E-state index in [1.165, 1.54) is 0 Å². The number of hydrogen-bond acceptors (Lipinski definition) is 7. The molecule has 0 bridgehead atoms. The summed E-state index contributed by atoms with van der Waals surface area (Å²) in [5.74, 6) is -0.749. The van der Waals surface area contributed by atoms with Crippen molar-refractivity contribution in [2.75, 3.05) is 13.2 Å². The van der Waals surface area contributed by atoms with Gasteiger partial charge >= 0.3 is 5.97 Å². The number of amides is 1. The van der Waals surface area contributed by atoms with E-state index in [1.807, 2.05) is 20.8 Å². The van der Waals surface area contributed by atoms with Gasteiger partial charge in [-0.05, 0) is 73.7 Å². The molecule has 3 fully saturated rings. The van der Waals surface area contributed by atoms with Crippen LogP contribution in [0.3, 0.4) is 0 Å². The van der Waals surface area contributed by atoms with Crippen molar-refractivity contribution in [1.82, 2.24) is 5.32 Å². The Morgan fingerprint density at radius 1 is 1.14 bits per heavy atom. The summed E-state index contributed by atoms with van der Waals surface area (Å²) in [6, 6.07) is 0. The van der Waals surface area contributed by atoms with Gasteiger partial charge in [0, 0.05) is 24.8 Å². The van der Waals surface area contributed by atoms with E-state index in [1.54, 1.807) is 6.08 Å². The second kappa shape index (κ2) is 10.3. The maximum absolute atomic E-state index is 13.3. The number of esters is 1. The second-order valence-electron chi connectivity index (χ2n) is 12.8. The van der Waals surface area contributed by atoms with E-state index in [9.17, 15) is 29.4 Å². The zero-order chi connectivity index (χ0) is 27.2. The van der Waals surface area contributed by atoms with Gasteiger partial charge in [-0.25, -0.2) is 0 Å². The Hall–Kier alpha value is -2.06. The SMILES string of the molecule is CC(C)CNC(=O)CCC(=O)OCC(=O)C1(O)CCC2C3CCC4=CC(=O)CCC4(C)C3C(O)CC21C. The molecule has 37 heavy (non-hydrogen) atoms. The molecule has 7 unspecified atom stereocenters. The summed E-state index contributed by atoms with van der Waals surface area (Å²) < 4.78 is 5.18. The number of carbonyl (C=O) groups excluding carboxylic acids is 4. The highest BCUT2D eigenvalue weighted by Crippen LogP contribution is 2.67. The monoisotopic (exact) mass is 517 g/mol. The fraction of sp³-hybridized carbons (Fsp3) is 0.793. The molecule has 0 aromatic rings. The smallest absolute Gasteiger partial charge is 0.306 e. The fourth-order valence-electron chi connectivity index (χ4n) is 8.11. The Balaban J connectivity index is 1.41. The van der Waals surface area contributed by atoms with Gasteiger partial charge in [0.15, 0.2) is 12.4 Å². The van der Waals surface area contributed by atoms with E-state index in [2.05, 4.69) is 12.2 Å². The van der Waals surface area contributed by atoms with Crippen LogP contribution in [-0.2, 0) is 23.9 Å². The molecule has 3 saturated carbocycles. The van der Waals surface area contributed by atoms with Crippen LogP contribution in [-0.4, -0.2) is 58.5 Å². The van der Waals surface area contributed by atoms with E-state index in [-0.39, 0.29) is 54.1 Å². The third-order valence-electron chi connectivity index (χ3n) is 10.1. The summed E-state index contributed by atoms with van der Waals surface area (Å²) in [4.78, 5) is 49.4. The number of rotatable bonds is 8. The highest BCUT2D eigenvalue weighted by atomic mass is 16.5. The number of fused-ring (bicyclic) bond motifs is 5. The summed E-state index contributed by atoms with van der Waals surface area (Å²) in [7, 11) is 0. The van der Waals surface area contributed by atoms with Crippen LogP contribution in [0, 0.1) is 34.5 Å². The number of ketones is 2. The average molecular weight is 518 g/mol. The van der Waals surface area contributed by atoms with Crippen LogP contribution in [0.25, 0.3) is 0 Å². The quantitative estimate of drug-likeness (QED) is 0.422. The zero-order valence-corrected chi connectivity index (χ0v) is 22.7. The fourth-order valence-corrected chi connectivity index (χ4v) is 8.11. The number of nitrogens with one attached hydrogen (secondary N) is 1. The third-order valence-corrected chi connectivity index (χ3v) is 10.1. The Bertz CT molecular complexity index is 989. The highest BCUT2D eigenvalue weighted by molar-refractivity contribution is 5.92. The maximum atomic E-state index is 13.3. The van der Waals surface area contributed by atoms with Gasteiger partial charge < -0.3 is 20.3 Å². The van der Waals surface area contributed by atoms with E-state index < -0.39 is 35.5 Å². The number of Topliss-reactive ketones (excluding diaryl/α,β-unsaturated/α-hetero) is 1. The molecule has 0 heterocycles. The number of aliphatic hydroxyl groups excluding tert-OH is 1. The normalized spacial score (nSPS) is 38.8. The number of hydrogen-bond donors (Lipinski definition) is 3. The maximum Gasteiger partial charge on any atom is 0.306 e. The Morgan fingerprint density at radius 3 is 2.57 bits per heavy atom. The van der Waals surface area contributed by atoms with Crippen molar-refractivity contribution in [3.8, 4) is 0 Å². The molecular weight excluding hydrogens is 474 g/mol. The predicted molar refractivity (Wildman–Crippen MR) is 136 cm³/mol. The minimum absolute atomic E-state index is 0.00389. The molecule has 206 valence electrons. The van der Waals surface area contributed by atoms with Crippen molar-refractivity contribution in [3.05, 3.63) is 11.6 Å². The van der Waals surface area contributed by atoms with Crippen molar-refractivity contribution in [2.45, 2.75) is 97.2 Å². The molecule has 0 aromatic carbocycles. The lowest BCUT2D eigenvalue weighted by Gasteiger charge is -2.60. The lowest BCUT2D eigenvalue weighted by atomic mass is 9.45. The minimum atomic E-state index is -1.68. The Morgan fingerprint density at radius 2 is 1.86 bits per heavy atom. The Labute approximate surface area is 219 Å². The number of aliphatic hydroxyl groups is 2. The van der Waals surface area contributed by atoms with E-state index >= 15 is 0 Å². The van der Waals surface area contributed by atoms with Crippen molar-refractivity contribution >= 4 is 23.4 Å². The van der Waals surface area contributed by atoms with Gasteiger partial charge in [0.2, 0.25) is 11.7 Å². The largest absolute Gasteiger partial charge is 0.458 e. The minimum Gasteiger partial charge on any atom is -0.458 e. The average Bonchev–Trinajstić information content (AvgIpc) is 3.11. The highest BCUT2D eigenvalue weighted by Gasteiger charge is 2.68. The van der Waals surface area contributed by atoms with Crippen molar-refractivity contribution in [3.63, 3.8) is 0 Å². The first kappa shape index (κ1) is 28.0. The van der Waals surface area contributed by atoms with Crippen LogP contribution in [0.1, 0.15) is 85.5 Å². The molecule has 0 aliphatic heterocycles. The second-order valence-corrected chi connectivity index (χ2v) is 12.8. The van der Waals surface area contributed by atoms with Gasteiger partial charge in [0.05, 0.1) is 12.5 Å². The van der Waals surface area contributed by atoms with Crippen LogP contribution < -0.4 is 5.32 Å². The first-order chi connectivity index (χ1) is 17.3. The molecule has 4 rings (SSSR count). The summed E-state index contributed by atoms with van der Waals surface area (Å²) in [6.07, 6.45) is 5.04. The predicted octanol–water partition coefficient (Wildman–Crippen LogP) is 2.88. The molecule has 7 atom stereocenters. The molecule has 8 nitrogen and oxygen atoms in total. The molecule has 4 aliphatic rings. The van der Waals surface area contributed by atoms with Crippen molar-refractivity contribution in [2.24, 2.45) is 34.5 Å². The van der Waals surface area contributed by atoms with Gasteiger partial charge in [-0.2, -0.15) is 0 Å². The lowest BCUT2D eigenvalue weighted by molar-refractivity contribution is -0.184. The number of allylic oxidation sites excluding steroid dienone is 1. The van der Waals surface area contributed by atoms with Gasteiger partial charge in [-0.15, -0.1) is 0 Å². The summed E-state index contributed by atoms with van der Waals surface area (Å²) in [5, 5.41) is 25.9. The van der Waals surface area contributed by atoms with E-state index in [4.69, 9.17) is 4.74 Å². The summed E-state index contributed by atoms with van der Waals surface area (Å²) in [6.45, 7) is 8.02. The first-order valence-corrected chi connectivity index (χ1v) is 13.9. The summed E-state index contributed by atoms with van der Waals surface area (Å²) >= 11 is 0. The third kappa shape index (κ3) is 4.91. The van der Waals surface area contributed by atoms with Crippen molar-refractivity contribution in [1.29, 1.82) is 0 Å². The topological polar surface area (TPSA) is 130 Å². The number of carbonyl (C=O) groups is 4. The standard InChI is InChI=1S/C29H43NO7/c1-17(2)15-30-24(34)7-8-25(35)37-16-23(33)29(36)12-10-21-20-6-5-18-13-19(31)9-11-27(18,3)26(20)22(32)14-28(21,29)4/h13,17,20-22,26,32,36H,5-12,14-16H2,1-4H3,(H,30,34). The van der Waals surface area contributed by atoms with Gasteiger partial charge in [0.1, 0.15) is 5.60 Å². The molecule has 0 spiro atoms. The Kier molecular flexibility index (Phi) is 7.75. The van der Waals surface area contributed by atoms with E-state index in [0.717, 1.165) is 24.8 Å². The van der Waals surface area contributed by atoms with Crippen molar-refractivity contribution < 1.29 is 34.1 Å². The van der Waals surface area contributed by atoms with E-state index in [0.29, 0.717) is 31.7 Å². The van der Waals surface area contributed by atoms with Crippen LogP contribution in [0.5, 0.6) is 0 Å². The molecular formula is C29H43NO7. The zero-order valence-electron chi connectivity index (χ0n) is 22.7. The van der Waals surface area contributed by atoms with Crippen LogP contribution in [0.4, 0.5) is 0 Å². The molecule has 0 aromatic heterocycles. The molecule has 0 radical (unpaired) electrons. The molecule has 0 saturated heterocycles. The van der Waals surface area contributed by atoms with Gasteiger partial charge in [0.25, 0.3) is 0 Å². The molecule has 4 aliphatic carbocycles. The summed E-state index contributed by atoms with van der Waals surface area (Å²) in [5.41, 5.74) is -1.60.